The van der Waals surface area contributed by atoms with E-state index in [0.717, 1.165) is 10.0 Å². The van der Waals surface area contributed by atoms with Crippen molar-refractivity contribution >= 4 is 44.0 Å². The molecule has 0 bridgehead atoms. The zero-order valence-electron chi connectivity index (χ0n) is 9.40. The molecule has 0 fully saturated rings. The summed E-state index contributed by atoms with van der Waals surface area (Å²) in [6.07, 6.45) is 0. The third-order valence-electron chi connectivity index (χ3n) is 2.45. The van der Waals surface area contributed by atoms with Gasteiger partial charge in [-0.1, -0.05) is 45.7 Å². The van der Waals surface area contributed by atoms with Crippen LogP contribution in [0.3, 0.4) is 0 Å². The third-order valence-corrected chi connectivity index (χ3v) is 5.05. The Morgan fingerprint density at radius 3 is 2.61 bits per heavy atom. The summed E-state index contributed by atoms with van der Waals surface area (Å²) in [5.41, 5.74) is 7.29. The van der Waals surface area contributed by atoms with E-state index in [-0.39, 0.29) is 0 Å². The van der Waals surface area contributed by atoms with E-state index in [1.165, 1.54) is 0 Å². The number of hydrogen-bond acceptors (Lipinski definition) is 2. The molecule has 0 radical (unpaired) electrons. The van der Waals surface area contributed by atoms with E-state index in [4.69, 9.17) is 17.3 Å². The fourth-order valence-electron chi connectivity index (χ4n) is 1.53. The predicted molar refractivity (Wildman–Crippen MR) is 80.1 cm³/mol. The molecule has 2 aromatic carbocycles. The molecule has 0 spiro atoms. The molecule has 1 unspecified atom stereocenters. The molecule has 5 heteroatoms. The number of rotatable bonds is 3. The van der Waals surface area contributed by atoms with Crippen LogP contribution in [-0.4, -0.2) is 4.21 Å². The van der Waals surface area contributed by atoms with Crippen molar-refractivity contribution in [3.8, 4) is 0 Å². The molecule has 0 aromatic heterocycles. The molecule has 0 amide bonds. The first kappa shape index (κ1) is 13.6. The van der Waals surface area contributed by atoms with Crippen LogP contribution in [0.25, 0.3) is 0 Å². The van der Waals surface area contributed by atoms with Crippen molar-refractivity contribution in [2.45, 2.75) is 10.6 Å². The van der Waals surface area contributed by atoms with Gasteiger partial charge in [0.05, 0.1) is 26.5 Å². The van der Waals surface area contributed by atoms with Gasteiger partial charge in [0.15, 0.2) is 0 Å². The van der Waals surface area contributed by atoms with Crippen LogP contribution in [0.2, 0.25) is 5.02 Å². The van der Waals surface area contributed by atoms with Gasteiger partial charge >= 0.3 is 0 Å². The van der Waals surface area contributed by atoms with Crippen molar-refractivity contribution < 1.29 is 4.21 Å². The van der Waals surface area contributed by atoms with Crippen LogP contribution >= 0.6 is 27.5 Å². The van der Waals surface area contributed by atoms with Crippen LogP contribution in [0.1, 0.15) is 5.56 Å². The van der Waals surface area contributed by atoms with Crippen LogP contribution < -0.4 is 5.73 Å². The molecule has 2 aromatic rings. The highest BCUT2D eigenvalue weighted by molar-refractivity contribution is 9.10. The molecule has 2 nitrogen and oxygen atoms in total. The van der Waals surface area contributed by atoms with Crippen molar-refractivity contribution in [1.82, 2.24) is 0 Å². The lowest BCUT2D eigenvalue weighted by Gasteiger charge is -2.07. The lowest BCUT2D eigenvalue weighted by Crippen LogP contribution is -1.98. The minimum absolute atomic E-state index is 0.407. The molecule has 94 valence electrons. The maximum atomic E-state index is 12.2. The molecule has 1 atom stereocenters. The van der Waals surface area contributed by atoms with Crippen molar-refractivity contribution in [3.63, 3.8) is 0 Å². The maximum absolute atomic E-state index is 12.2. The highest BCUT2D eigenvalue weighted by atomic mass is 79.9. The Morgan fingerprint density at radius 2 is 1.94 bits per heavy atom. The fraction of sp³-hybridized carbons (Fsp3) is 0.0769. The number of anilines is 1. The third kappa shape index (κ3) is 3.13. The van der Waals surface area contributed by atoms with Gasteiger partial charge in [-0.25, -0.2) is 0 Å². The zero-order valence-corrected chi connectivity index (χ0v) is 12.6. The summed E-state index contributed by atoms with van der Waals surface area (Å²) in [6, 6.07) is 12.6. The molecule has 0 aliphatic carbocycles. The number of halogens is 2. The highest BCUT2D eigenvalue weighted by Gasteiger charge is 2.10. The minimum atomic E-state index is -1.17. The van der Waals surface area contributed by atoms with Gasteiger partial charge < -0.3 is 5.73 Å². The van der Waals surface area contributed by atoms with Crippen LogP contribution in [0.5, 0.6) is 0 Å². The smallest absolute Gasteiger partial charge is 0.0589 e. The Labute approximate surface area is 122 Å². The Kier molecular flexibility index (Phi) is 4.43. The average Bonchev–Trinajstić information content (AvgIpc) is 2.33. The topological polar surface area (TPSA) is 43.1 Å². The van der Waals surface area contributed by atoms with Crippen LogP contribution in [0.4, 0.5) is 5.69 Å². The molecule has 0 heterocycles. The predicted octanol–water partition coefficient (Wildman–Crippen LogP) is 3.99. The van der Waals surface area contributed by atoms with Gasteiger partial charge in [-0.15, -0.1) is 0 Å². The summed E-state index contributed by atoms with van der Waals surface area (Å²) >= 11 is 9.44. The first-order valence-electron chi connectivity index (χ1n) is 5.25. The van der Waals surface area contributed by atoms with E-state index in [0.29, 0.717) is 21.4 Å². The Morgan fingerprint density at radius 1 is 1.22 bits per heavy atom. The normalized spacial score (nSPS) is 12.3. The molecule has 18 heavy (non-hydrogen) atoms. The summed E-state index contributed by atoms with van der Waals surface area (Å²) < 4.78 is 13.1. The quantitative estimate of drug-likeness (QED) is 0.855. The Balaban J connectivity index is 2.24. The second kappa shape index (κ2) is 5.87. The molecule has 0 aliphatic rings. The number of benzene rings is 2. The Hall–Kier alpha value is -0.840. The van der Waals surface area contributed by atoms with Crippen molar-refractivity contribution in [1.29, 1.82) is 0 Å². The van der Waals surface area contributed by atoms with E-state index >= 15 is 0 Å². The van der Waals surface area contributed by atoms with Crippen molar-refractivity contribution in [2.75, 3.05) is 5.73 Å². The lowest BCUT2D eigenvalue weighted by molar-refractivity contribution is 0.682. The second-order valence-corrected chi connectivity index (χ2v) is 6.45. The van der Waals surface area contributed by atoms with Crippen molar-refractivity contribution in [3.05, 3.63) is 57.5 Å². The highest BCUT2D eigenvalue weighted by Crippen LogP contribution is 2.25. The maximum Gasteiger partial charge on any atom is 0.0589 e. The summed E-state index contributed by atoms with van der Waals surface area (Å²) in [7, 11) is -1.17. The van der Waals surface area contributed by atoms with Gasteiger partial charge in [0, 0.05) is 10.2 Å². The van der Waals surface area contributed by atoms with E-state index in [1.54, 1.807) is 24.3 Å². The molecule has 0 saturated heterocycles. The minimum Gasteiger partial charge on any atom is -0.399 e. The lowest BCUT2D eigenvalue weighted by atomic mass is 10.2. The molecule has 0 saturated carbocycles. The number of nitrogen functional groups attached to an aromatic ring is 1. The Bertz CT molecular complexity index is 603. The summed E-state index contributed by atoms with van der Waals surface area (Å²) in [5.74, 6) is 0.407. The molecular weight excluding hydrogens is 334 g/mol. The van der Waals surface area contributed by atoms with E-state index in [9.17, 15) is 4.21 Å². The van der Waals surface area contributed by atoms with Crippen LogP contribution in [0.15, 0.2) is 51.8 Å². The summed E-state index contributed by atoms with van der Waals surface area (Å²) in [4.78, 5) is 0.655. The van der Waals surface area contributed by atoms with Gasteiger partial charge in [0.2, 0.25) is 0 Å². The SMILES string of the molecule is Nc1ccc(CS(=O)c2ccccc2Cl)c(Br)c1. The van der Waals surface area contributed by atoms with Gasteiger partial charge in [0.25, 0.3) is 0 Å². The summed E-state index contributed by atoms with van der Waals surface area (Å²) in [5, 5.41) is 0.530. The average molecular weight is 345 g/mol. The largest absolute Gasteiger partial charge is 0.399 e. The van der Waals surface area contributed by atoms with Crippen LogP contribution in [-0.2, 0) is 16.6 Å². The molecule has 0 aliphatic heterocycles. The molecule has 2 N–H and O–H groups in total. The van der Waals surface area contributed by atoms with Crippen molar-refractivity contribution in [2.24, 2.45) is 0 Å². The van der Waals surface area contributed by atoms with Gasteiger partial charge in [-0.3, -0.25) is 4.21 Å². The number of nitrogens with two attached hydrogens (primary N) is 1. The van der Waals surface area contributed by atoms with E-state index < -0.39 is 10.8 Å². The van der Waals surface area contributed by atoms with E-state index in [2.05, 4.69) is 15.9 Å². The van der Waals surface area contributed by atoms with Gasteiger partial charge in [-0.05, 0) is 29.8 Å². The monoisotopic (exact) mass is 343 g/mol. The standard InChI is InChI=1S/C13H11BrClNOS/c14-11-7-10(16)6-5-9(11)8-18(17)13-4-2-1-3-12(13)15/h1-7H,8,16H2. The second-order valence-electron chi connectivity index (χ2n) is 3.77. The van der Waals surface area contributed by atoms with Gasteiger partial charge in [-0.2, -0.15) is 0 Å². The first-order valence-corrected chi connectivity index (χ1v) is 7.73. The first-order chi connectivity index (χ1) is 8.58. The zero-order chi connectivity index (χ0) is 13.1. The van der Waals surface area contributed by atoms with Gasteiger partial charge in [0.1, 0.15) is 0 Å². The van der Waals surface area contributed by atoms with E-state index in [1.807, 2.05) is 18.2 Å². The fourth-order valence-corrected chi connectivity index (χ4v) is 3.85. The molecule has 2 rings (SSSR count). The molecular formula is C13H11BrClNOS. The summed E-state index contributed by atoms with van der Waals surface area (Å²) in [6.45, 7) is 0. The van der Waals surface area contributed by atoms with Crippen LogP contribution in [0, 0.1) is 0 Å². The number of hydrogen-bond donors (Lipinski definition) is 1.